The molecule has 0 saturated carbocycles. The van der Waals surface area contributed by atoms with E-state index in [-0.39, 0.29) is 5.92 Å². The molecule has 1 aromatic heterocycles. The molecule has 0 N–H and O–H groups in total. The van der Waals surface area contributed by atoms with Crippen molar-refractivity contribution in [1.82, 2.24) is 4.98 Å². The molecule has 0 unspecified atom stereocenters. The maximum atomic E-state index is 11.6. The van der Waals surface area contributed by atoms with Crippen LogP contribution in [0.2, 0.25) is 0 Å². The second-order valence-corrected chi connectivity index (χ2v) is 2.65. The Labute approximate surface area is 70.8 Å². The average Bonchev–Trinajstić information content (AvgIpc) is 2.48. The van der Waals surface area contributed by atoms with Crippen molar-refractivity contribution in [2.45, 2.75) is 19.8 Å². The van der Waals surface area contributed by atoms with Crippen molar-refractivity contribution in [3.05, 3.63) is 17.8 Å². The standard InChI is InChI=1S/C9H10FNO/c1-7(2)9-11-6-8(12-9)4-3-5-10/h6-7H,5H2,1-2H3. The van der Waals surface area contributed by atoms with Crippen LogP contribution in [0.3, 0.4) is 0 Å². The summed E-state index contributed by atoms with van der Waals surface area (Å²) in [6, 6.07) is 0. The van der Waals surface area contributed by atoms with Gasteiger partial charge in [-0.2, -0.15) is 0 Å². The number of alkyl halides is 1. The van der Waals surface area contributed by atoms with E-state index < -0.39 is 6.67 Å². The van der Waals surface area contributed by atoms with E-state index in [4.69, 9.17) is 4.42 Å². The zero-order valence-corrected chi connectivity index (χ0v) is 7.10. The highest BCUT2D eigenvalue weighted by molar-refractivity contribution is 5.22. The Hall–Kier alpha value is -1.30. The molecule has 0 saturated heterocycles. The van der Waals surface area contributed by atoms with Crippen molar-refractivity contribution < 1.29 is 8.81 Å². The molecule has 0 radical (unpaired) electrons. The molecule has 0 atom stereocenters. The van der Waals surface area contributed by atoms with Crippen LogP contribution in [0.5, 0.6) is 0 Å². The summed E-state index contributed by atoms with van der Waals surface area (Å²) in [6.45, 7) is 3.29. The molecule has 0 spiro atoms. The van der Waals surface area contributed by atoms with E-state index in [0.717, 1.165) is 0 Å². The van der Waals surface area contributed by atoms with Crippen molar-refractivity contribution in [2.75, 3.05) is 6.67 Å². The van der Waals surface area contributed by atoms with E-state index in [9.17, 15) is 4.39 Å². The lowest BCUT2D eigenvalue weighted by atomic mass is 10.2. The maximum absolute atomic E-state index is 11.6. The third kappa shape index (κ3) is 2.09. The number of halogens is 1. The first-order chi connectivity index (χ1) is 5.74. The first-order valence-electron chi connectivity index (χ1n) is 3.74. The van der Waals surface area contributed by atoms with Gasteiger partial charge in [-0.25, -0.2) is 9.37 Å². The summed E-state index contributed by atoms with van der Waals surface area (Å²) < 4.78 is 16.8. The third-order valence-electron chi connectivity index (χ3n) is 1.30. The van der Waals surface area contributed by atoms with Gasteiger partial charge >= 0.3 is 0 Å². The molecule has 3 heteroatoms. The van der Waals surface area contributed by atoms with E-state index in [2.05, 4.69) is 16.8 Å². The summed E-state index contributed by atoms with van der Waals surface area (Å²) in [7, 11) is 0. The topological polar surface area (TPSA) is 26.0 Å². The molecule has 2 nitrogen and oxygen atoms in total. The summed E-state index contributed by atoms with van der Waals surface area (Å²) >= 11 is 0. The zero-order chi connectivity index (χ0) is 8.97. The first kappa shape index (κ1) is 8.79. The van der Waals surface area contributed by atoms with E-state index in [1.165, 1.54) is 6.20 Å². The molecule has 1 rings (SSSR count). The van der Waals surface area contributed by atoms with Crippen LogP contribution in [0, 0.1) is 11.8 Å². The minimum absolute atomic E-state index is 0.242. The molecule has 1 aromatic rings. The van der Waals surface area contributed by atoms with Crippen molar-refractivity contribution in [3.63, 3.8) is 0 Å². The summed E-state index contributed by atoms with van der Waals surface area (Å²) in [4.78, 5) is 3.98. The summed E-state index contributed by atoms with van der Waals surface area (Å²) in [5.74, 6) is 6.09. The van der Waals surface area contributed by atoms with Gasteiger partial charge < -0.3 is 4.42 Å². The maximum Gasteiger partial charge on any atom is 0.198 e. The fourth-order valence-corrected chi connectivity index (χ4v) is 0.733. The van der Waals surface area contributed by atoms with Crippen LogP contribution in [0.1, 0.15) is 31.4 Å². The Morgan fingerprint density at radius 1 is 1.67 bits per heavy atom. The van der Waals surface area contributed by atoms with Gasteiger partial charge in [0, 0.05) is 5.92 Å². The van der Waals surface area contributed by atoms with E-state index >= 15 is 0 Å². The van der Waals surface area contributed by atoms with E-state index in [1.807, 2.05) is 13.8 Å². The van der Waals surface area contributed by atoms with Crippen molar-refractivity contribution >= 4 is 0 Å². The largest absolute Gasteiger partial charge is 0.432 e. The first-order valence-corrected chi connectivity index (χ1v) is 3.74. The molecule has 0 amide bonds. The Morgan fingerprint density at radius 3 is 2.92 bits per heavy atom. The molecule has 0 bridgehead atoms. The number of hydrogen-bond donors (Lipinski definition) is 0. The minimum atomic E-state index is -0.655. The van der Waals surface area contributed by atoms with Gasteiger partial charge in [-0.1, -0.05) is 19.8 Å². The molecule has 0 fully saturated rings. The molecule has 0 aliphatic rings. The van der Waals surface area contributed by atoms with Gasteiger partial charge in [-0.3, -0.25) is 0 Å². The van der Waals surface area contributed by atoms with E-state index in [1.54, 1.807) is 0 Å². The molecule has 64 valence electrons. The highest BCUT2D eigenvalue weighted by Gasteiger charge is 2.05. The van der Waals surface area contributed by atoms with Crippen LogP contribution in [0.4, 0.5) is 4.39 Å². The van der Waals surface area contributed by atoms with Gasteiger partial charge in [-0.05, 0) is 5.92 Å². The highest BCUT2D eigenvalue weighted by Crippen LogP contribution is 2.12. The van der Waals surface area contributed by atoms with Crippen LogP contribution >= 0.6 is 0 Å². The molecule has 0 aromatic carbocycles. The summed E-state index contributed by atoms with van der Waals surface area (Å²) in [5.41, 5.74) is 0. The van der Waals surface area contributed by atoms with Crippen molar-refractivity contribution in [1.29, 1.82) is 0 Å². The number of hydrogen-bond acceptors (Lipinski definition) is 2. The average molecular weight is 167 g/mol. The summed E-state index contributed by atoms with van der Waals surface area (Å²) in [5, 5.41) is 0. The van der Waals surface area contributed by atoms with Gasteiger partial charge in [0.15, 0.2) is 18.3 Å². The second kappa shape index (κ2) is 3.91. The van der Waals surface area contributed by atoms with Crippen LogP contribution < -0.4 is 0 Å². The lowest BCUT2D eigenvalue weighted by molar-refractivity contribution is 0.462. The minimum Gasteiger partial charge on any atom is -0.432 e. The number of nitrogens with zero attached hydrogens (tertiary/aromatic N) is 1. The second-order valence-electron chi connectivity index (χ2n) is 2.65. The van der Waals surface area contributed by atoms with Crippen LogP contribution in [-0.2, 0) is 0 Å². The van der Waals surface area contributed by atoms with Crippen LogP contribution in [-0.4, -0.2) is 11.7 Å². The van der Waals surface area contributed by atoms with Crippen molar-refractivity contribution in [2.24, 2.45) is 0 Å². The lowest BCUT2D eigenvalue weighted by Gasteiger charge is -1.93. The number of aromatic nitrogens is 1. The molecule has 0 aliphatic heterocycles. The molecule has 12 heavy (non-hydrogen) atoms. The van der Waals surface area contributed by atoms with Crippen LogP contribution in [0.15, 0.2) is 10.6 Å². The summed E-state index contributed by atoms with van der Waals surface area (Å²) in [6.07, 6.45) is 1.51. The molecular formula is C9H10FNO. The van der Waals surface area contributed by atoms with Gasteiger partial charge in [-0.15, -0.1) is 0 Å². The monoisotopic (exact) mass is 167 g/mol. The Kier molecular flexibility index (Phi) is 2.87. The SMILES string of the molecule is CC(C)c1ncc(C#CCF)o1. The Morgan fingerprint density at radius 2 is 2.42 bits per heavy atom. The predicted octanol–water partition coefficient (Wildman–Crippen LogP) is 2.12. The molecule has 0 aliphatic carbocycles. The van der Waals surface area contributed by atoms with Gasteiger partial charge in [0.2, 0.25) is 0 Å². The van der Waals surface area contributed by atoms with Crippen LogP contribution in [0.25, 0.3) is 0 Å². The molecular weight excluding hydrogens is 157 g/mol. The Balaban J connectivity index is 2.77. The van der Waals surface area contributed by atoms with Crippen molar-refractivity contribution in [3.8, 4) is 11.8 Å². The normalized spacial score (nSPS) is 9.67. The fourth-order valence-electron chi connectivity index (χ4n) is 0.733. The fraction of sp³-hybridized carbons (Fsp3) is 0.444. The smallest absolute Gasteiger partial charge is 0.198 e. The van der Waals surface area contributed by atoms with Gasteiger partial charge in [0.1, 0.15) is 0 Å². The highest BCUT2D eigenvalue weighted by atomic mass is 19.1. The third-order valence-corrected chi connectivity index (χ3v) is 1.30. The Bertz CT molecular complexity index is 306. The quantitative estimate of drug-likeness (QED) is 0.599. The molecule has 1 heterocycles. The van der Waals surface area contributed by atoms with E-state index in [0.29, 0.717) is 11.7 Å². The van der Waals surface area contributed by atoms with Gasteiger partial charge in [0.25, 0.3) is 0 Å². The number of rotatable bonds is 1. The van der Waals surface area contributed by atoms with Gasteiger partial charge in [0.05, 0.1) is 6.20 Å². The zero-order valence-electron chi connectivity index (χ0n) is 7.10. The predicted molar refractivity (Wildman–Crippen MR) is 43.4 cm³/mol. The lowest BCUT2D eigenvalue weighted by Crippen LogP contribution is -1.84. The number of oxazole rings is 1.